The molecule has 2 amide bonds. The van der Waals surface area contributed by atoms with E-state index in [9.17, 15) is 9.59 Å². The second-order valence-electron chi connectivity index (χ2n) is 4.59. The lowest BCUT2D eigenvalue weighted by Gasteiger charge is -2.05. The molecular weight excluding hydrogens is 286 g/mol. The van der Waals surface area contributed by atoms with Gasteiger partial charge < -0.3 is 5.32 Å². The largest absolute Gasteiger partial charge is 0.325 e. The number of Topliss-reactive ketones (excluding diaryl/α,β-unsaturated/α-hetero) is 1. The molecule has 0 aliphatic rings. The van der Waals surface area contributed by atoms with Crippen LogP contribution in [-0.2, 0) is 6.42 Å². The molecule has 21 heavy (non-hydrogen) atoms. The Bertz CT molecular complexity index is 662. The molecule has 0 atom stereocenters. The molecule has 0 saturated carbocycles. The van der Waals surface area contributed by atoms with Crippen LogP contribution < -0.4 is 10.6 Å². The van der Waals surface area contributed by atoms with Gasteiger partial charge in [0.05, 0.1) is 5.69 Å². The number of carbonyl (C=O) groups is 2. The SMILES string of the molecule is CCc1nc(NC(=O)Nc2ccc(C(C)=O)cc2)sc1C. The minimum atomic E-state index is -0.345. The molecule has 0 bridgehead atoms. The fraction of sp³-hybridized carbons (Fsp3) is 0.267. The summed E-state index contributed by atoms with van der Waals surface area (Å²) in [6.07, 6.45) is 0.845. The van der Waals surface area contributed by atoms with Gasteiger partial charge in [-0.2, -0.15) is 0 Å². The van der Waals surface area contributed by atoms with E-state index in [0.717, 1.165) is 17.0 Å². The van der Waals surface area contributed by atoms with Crippen molar-refractivity contribution in [3.05, 3.63) is 40.4 Å². The Balaban J connectivity index is 1.99. The molecule has 2 rings (SSSR count). The maximum atomic E-state index is 11.9. The zero-order valence-corrected chi connectivity index (χ0v) is 13.0. The van der Waals surface area contributed by atoms with Crippen LogP contribution in [0.1, 0.15) is 34.8 Å². The van der Waals surface area contributed by atoms with Crippen molar-refractivity contribution in [2.75, 3.05) is 10.6 Å². The lowest BCUT2D eigenvalue weighted by Crippen LogP contribution is -2.19. The maximum Gasteiger partial charge on any atom is 0.325 e. The average Bonchev–Trinajstić information content (AvgIpc) is 2.79. The van der Waals surface area contributed by atoms with Crippen LogP contribution in [0.4, 0.5) is 15.6 Å². The molecule has 1 aromatic heterocycles. The Morgan fingerprint density at radius 3 is 2.38 bits per heavy atom. The highest BCUT2D eigenvalue weighted by molar-refractivity contribution is 7.15. The van der Waals surface area contributed by atoms with Gasteiger partial charge in [-0.15, -0.1) is 11.3 Å². The first-order chi connectivity index (χ1) is 9.99. The number of anilines is 2. The van der Waals surface area contributed by atoms with Crippen molar-refractivity contribution in [2.45, 2.75) is 27.2 Å². The van der Waals surface area contributed by atoms with E-state index in [1.165, 1.54) is 18.3 Å². The molecule has 0 saturated heterocycles. The number of hydrogen-bond acceptors (Lipinski definition) is 4. The summed E-state index contributed by atoms with van der Waals surface area (Å²) in [4.78, 5) is 28.5. The van der Waals surface area contributed by atoms with E-state index in [1.54, 1.807) is 24.3 Å². The van der Waals surface area contributed by atoms with E-state index in [2.05, 4.69) is 15.6 Å². The van der Waals surface area contributed by atoms with Crippen molar-refractivity contribution in [1.29, 1.82) is 0 Å². The fourth-order valence-corrected chi connectivity index (χ4v) is 2.75. The molecule has 110 valence electrons. The third-order valence-electron chi connectivity index (χ3n) is 3.00. The predicted molar refractivity (Wildman–Crippen MR) is 85.3 cm³/mol. The number of ketones is 1. The zero-order chi connectivity index (χ0) is 15.4. The maximum absolute atomic E-state index is 11.9. The topological polar surface area (TPSA) is 71.1 Å². The van der Waals surface area contributed by atoms with Gasteiger partial charge >= 0.3 is 6.03 Å². The summed E-state index contributed by atoms with van der Waals surface area (Å²) in [7, 11) is 0. The number of aromatic nitrogens is 1. The minimum Gasteiger partial charge on any atom is -0.308 e. The van der Waals surface area contributed by atoms with Gasteiger partial charge in [-0.3, -0.25) is 10.1 Å². The van der Waals surface area contributed by atoms with E-state index >= 15 is 0 Å². The van der Waals surface area contributed by atoms with Crippen molar-refractivity contribution < 1.29 is 9.59 Å². The molecule has 0 aliphatic heterocycles. The standard InChI is InChI=1S/C15H17N3O2S/c1-4-13-10(3)21-15(17-13)18-14(20)16-12-7-5-11(6-8-12)9(2)19/h5-8H,4H2,1-3H3,(H2,16,17,18,20). The summed E-state index contributed by atoms with van der Waals surface area (Å²) in [5.41, 5.74) is 2.24. The summed E-state index contributed by atoms with van der Waals surface area (Å²) >= 11 is 1.46. The minimum absolute atomic E-state index is 0.00337. The van der Waals surface area contributed by atoms with Crippen molar-refractivity contribution in [2.24, 2.45) is 0 Å². The van der Waals surface area contributed by atoms with E-state index in [4.69, 9.17) is 0 Å². The highest BCUT2D eigenvalue weighted by Gasteiger charge is 2.09. The quantitative estimate of drug-likeness (QED) is 0.842. The Hall–Kier alpha value is -2.21. The number of benzene rings is 1. The summed E-state index contributed by atoms with van der Waals surface area (Å²) in [5, 5.41) is 6.01. The van der Waals surface area contributed by atoms with Crippen LogP contribution in [0.2, 0.25) is 0 Å². The second-order valence-corrected chi connectivity index (χ2v) is 5.79. The van der Waals surface area contributed by atoms with Gasteiger partial charge in [0, 0.05) is 16.1 Å². The molecule has 1 heterocycles. The number of nitrogens with zero attached hydrogens (tertiary/aromatic N) is 1. The first-order valence-corrected chi connectivity index (χ1v) is 7.46. The number of rotatable bonds is 4. The fourth-order valence-electron chi connectivity index (χ4n) is 1.86. The highest BCUT2D eigenvalue weighted by atomic mass is 32.1. The molecule has 0 spiro atoms. The number of urea groups is 1. The summed E-state index contributed by atoms with van der Waals surface area (Å²) in [6, 6.07) is 6.41. The van der Waals surface area contributed by atoms with E-state index in [0.29, 0.717) is 16.4 Å². The monoisotopic (exact) mass is 303 g/mol. The third kappa shape index (κ3) is 3.88. The average molecular weight is 303 g/mol. The van der Waals surface area contributed by atoms with Gasteiger partial charge in [-0.05, 0) is 44.5 Å². The number of thiazole rings is 1. The van der Waals surface area contributed by atoms with Gasteiger partial charge in [-0.25, -0.2) is 9.78 Å². The van der Waals surface area contributed by atoms with Crippen LogP contribution in [0.3, 0.4) is 0 Å². The molecule has 1 aromatic carbocycles. The van der Waals surface area contributed by atoms with Crippen LogP contribution in [0.5, 0.6) is 0 Å². The molecule has 2 aromatic rings. The summed E-state index contributed by atoms with van der Waals surface area (Å²) < 4.78 is 0. The van der Waals surface area contributed by atoms with Gasteiger partial charge in [0.15, 0.2) is 10.9 Å². The number of carbonyl (C=O) groups excluding carboxylic acids is 2. The number of amides is 2. The lowest BCUT2D eigenvalue weighted by molar-refractivity contribution is 0.101. The normalized spacial score (nSPS) is 10.2. The Labute approximate surface area is 127 Å². The highest BCUT2D eigenvalue weighted by Crippen LogP contribution is 2.22. The zero-order valence-electron chi connectivity index (χ0n) is 12.2. The van der Waals surface area contributed by atoms with Gasteiger partial charge in [0.25, 0.3) is 0 Å². The van der Waals surface area contributed by atoms with Crippen molar-refractivity contribution >= 4 is 34.0 Å². The number of nitrogens with one attached hydrogen (secondary N) is 2. The predicted octanol–water partition coefficient (Wildman–Crippen LogP) is 3.86. The third-order valence-corrected chi connectivity index (χ3v) is 3.93. The van der Waals surface area contributed by atoms with E-state index in [-0.39, 0.29) is 11.8 Å². The van der Waals surface area contributed by atoms with Crippen LogP contribution in [-0.4, -0.2) is 16.8 Å². The van der Waals surface area contributed by atoms with Crippen LogP contribution in [0.25, 0.3) is 0 Å². The molecular formula is C15H17N3O2S. The van der Waals surface area contributed by atoms with Crippen LogP contribution in [0, 0.1) is 6.92 Å². The summed E-state index contributed by atoms with van der Waals surface area (Å²) in [5.74, 6) is -0.00337. The molecule has 0 aliphatic carbocycles. The Kier molecular flexibility index (Phi) is 4.70. The van der Waals surface area contributed by atoms with Crippen molar-refractivity contribution in [3.63, 3.8) is 0 Å². The van der Waals surface area contributed by atoms with E-state index in [1.807, 2.05) is 13.8 Å². The molecule has 5 nitrogen and oxygen atoms in total. The van der Waals surface area contributed by atoms with Crippen LogP contribution >= 0.6 is 11.3 Å². The van der Waals surface area contributed by atoms with Crippen molar-refractivity contribution in [1.82, 2.24) is 4.98 Å². The second kappa shape index (κ2) is 6.49. The van der Waals surface area contributed by atoms with Gasteiger partial charge in [-0.1, -0.05) is 6.92 Å². The van der Waals surface area contributed by atoms with Crippen LogP contribution in [0.15, 0.2) is 24.3 Å². The van der Waals surface area contributed by atoms with Gasteiger partial charge in [0.1, 0.15) is 0 Å². The smallest absolute Gasteiger partial charge is 0.308 e. The number of aryl methyl sites for hydroxylation is 2. The first-order valence-electron chi connectivity index (χ1n) is 6.65. The molecule has 0 fully saturated rings. The Morgan fingerprint density at radius 1 is 1.19 bits per heavy atom. The molecule has 6 heteroatoms. The molecule has 2 N–H and O–H groups in total. The molecule has 0 radical (unpaired) electrons. The summed E-state index contributed by atoms with van der Waals surface area (Å²) in [6.45, 7) is 5.52. The van der Waals surface area contributed by atoms with Gasteiger partial charge in [0.2, 0.25) is 0 Å². The van der Waals surface area contributed by atoms with Crippen molar-refractivity contribution in [3.8, 4) is 0 Å². The first kappa shape index (κ1) is 15.2. The lowest BCUT2D eigenvalue weighted by atomic mass is 10.1. The number of hydrogen-bond donors (Lipinski definition) is 2. The molecule has 0 unspecified atom stereocenters. The Morgan fingerprint density at radius 2 is 1.86 bits per heavy atom. The van der Waals surface area contributed by atoms with E-state index < -0.39 is 0 Å².